The minimum Gasteiger partial charge on any atom is -0.497 e. The highest BCUT2D eigenvalue weighted by Crippen LogP contribution is 2.28. The molecule has 0 radical (unpaired) electrons. The standard InChI is InChI=1S/C25H35N3O5S/c1-5-23(19-8-10-20(32-4)11-9-19)26-25(29)22-18-21(34(30,31)28(6-2)7-3)12-13-24(22)27-14-16-33-17-15-27/h8-13,18,23H,5-7,14-17H2,1-4H3,(H,26,29). The number of carbonyl (C=O) groups excluding carboxylic acids is 1. The Labute approximate surface area is 202 Å². The Morgan fingerprint density at radius 3 is 2.29 bits per heavy atom. The summed E-state index contributed by atoms with van der Waals surface area (Å²) < 4.78 is 38.4. The molecule has 1 aliphatic heterocycles. The Morgan fingerprint density at radius 1 is 1.09 bits per heavy atom. The summed E-state index contributed by atoms with van der Waals surface area (Å²) >= 11 is 0. The summed E-state index contributed by atoms with van der Waals surface area (Å²) in [5.74, 6) is 0.439. The lowest BCUT2D eigenvalue weighted by atomic mass is 10.0. The van der Waals surface area contributed by atoms with Crippen LogP contribution in [0.15, 0.2) is 47.4 Å². The van der Waals surface area contributed by atoms with Crippen molar-refractivity contribution >= 4 is 21.6 Å². The van der Waals surface area contributed by atoms with E-state index in [9.17, 15) is 13.2 Å². The Balaban J connectivity index is 1.98. The van der Waals surface area contributed by atoms with Gasteiger partial charge < -0.3 is 19.7 Å². The molecule has 3 rings (SSSR count). The lowest BCUT2D eigenvalue weighted by Crippen LogP contribution is -2.38. The summed E-state index contributed by atoms with van der Waals surface area (Å²) in [4.78, 5) is 15.8. The molecule has 1 unspecified atom stereocenters. The van der Waals surface area contributed by atoms with Crippen LogP contribution >= 0.6 is 0 Å². The van der Waals surface area contributed by atoms with Crippen molar-refractivity contribution in [3.05, 3.63) is 53.6 Å². The number of nitrogens with one attached hydrogen (secondary N) is 1. The third-order valence-corrected chi connectivity index (χ3v) is 8.19. The molecule has 1 aliphatic rings. The quantitative estimate of drug-likeness (QED) is 0.550. The van der Waals surface area contributed by atoms with Crippen LogP contribution in [0.5, 0.6) is 5.75 Å². The summed E-state index contributed by atoms with van der Waals surface area (Å²) in [6.45, 7) is 8.72. The van der Waals surface area contributed by atoms with Crippen LogP contribution in [0.1, 0.15) is 49.2 Å². The highest BCUT2D eigenvalue weighted by molar-refractivity contribution is 7.89. The van der Waals surface area contributed by atoms with Gasteiger partial charge in [0.1, 0.15) is 5.75 Å². The van der Waals surface area contributed by atoms with Crippen molar-refractivity contribution in [1.82, 2.24) is 9.62 Å². The minimum absolute atomic E-state index is 0.121. The lowest BCUT2D eigenvalue weighted by molar-refractivity contribution is 0.0934. The maximum atomic E-state index is 13.6. The summed E-state index contributed by atoms with van der Waals surface area (Å²) in [5, 5.41) is 3.11. The number of morpholine rings is 1. The van der Waals surface area contributed by atoms with E-state index in [1.807, 2.05) is 31.2 Å². The molecule has 2 aromatic carbocycles. The van der Waals surface area contributed by atoms with Crippen LogP contribution < -0.4 is 15.0 Å². The van der Waals surface area contributed by atoms with Gasteiger partial charge in [-0.2, -0.15) is 4.31 Å². The summed E-state index contributed by atoms with van der Waals surface area (Å²) in [7, 11) is -2.09. The highest BCUT2D eigenvalue weighted by Gasteiger charge is 2.27. The van der Waals surface area contributed by atoms with E-state index in [4.69, 9.17) is 9.47 Å². The van der Waals surface area contributed by atoms with Gasteiger partial charge in [-0.25, -0.2) is 8.42 Å². The third-order valence-electron chi connectivity index (χ3n) is 6.14. The van der Waals surface area contributed by atoms with Crippen LogP contribution in [0.25, 0.3) is 0 Å². The topological polar surface area (TPSA) is 88.2 Å². The van der Waals surface area contributed by atoms with Crippen molar-refractivity contribution in [3.8, 4) is 5.75 Å². The number of ether oxygens (including phenoxy) is 2. The predicted octanol–water partition coefficient (Wildman–Crippen LogP) is 3.44. The molecule has 8 nitrogen and oxygen atoms in total. The second-order valence-corrected chi connectivity index (χ2v) is 10.0. The fourth-order valence-corrected chi connectivity index (χ4v) is 5.63. The second kappa shape index (κ2) is 11.7. The molecule has 1 fully saturated rings. The van der Waals surface area contributed by atoms with Crippen LogP contribution in [0.2, 0.25) is 0 Å². The largest absolute Gasteiger partial charge is 0.497 e. The fraction of sp³-hybridized carbons (Fsp3) is 0.480. The number of anilines is 1. The number of hydrogen-bond donors (Lipinski definition) is 1. The fourth-order valence-electron chi connectivity index (χ4n) is 4.14. The molecular weight excluding hydrogens is 454 g/mol. The van der Waals surface area contributed by atoms with Gasteiger partial charge in [0.15, 0.2) is 0 Å². The molecule has 0 spiro atoms. The molecule has 186 valence electrons. The van der Waals surface area contributed by atoms with E-state index in [1.54, 1.807) is 33.1 Å². The number of methoxy groups -OCH3 is 1. The molecule has 0 aliphatic carbocycles. The molecule has 1 saturated heterocycles. The molecular formula is C25H35N3O5S. The maximum absolute atomic E-state index is 13.6. The molecule has 9 heteroatoms. The number of carbonyl (C=O) groups is 1. The number of rotatable bonds is 10. The summed E-state index contributed by atoms with van der Waals surface area (Å²) in [6.07, 6.45) is 0.683. The van der Waals surface area contributed by atoms with Crippen molar-refractivity contribution in [3.63, 3.8) is 0 Å². The first kappa shape index (κ1) is 26.0. The van der Waals surface area contributed by atoms with Crippen LogP contribution in [-0.4, -0.2) is 65.1 Å². The van der Waals surface area contributed by atoms with Crippen LogP contribution in [-0.2, 0) is 14.8 Å². The Kier molecular flexibility index (Phi) is 8.93. The van der Waals surface area contributed by atoms with E-state index in [0.717, 1.165) is 11.3 Å². The summed E-state index contributed by atoms with van der Waals surface area (Å²) in [6, 6.07) is 12.2. The number of amides is 1. The molecule has 0 saturated carbocycles. The zero-order valence-electron chi connectivity index (χ0n) is 20.4. The van der Waals surface area contributed by atoms with Gasteiger partial charge in [-0.15, -0.1) is 0 Å². The van der Waals surface area contributed by atoms with Gasteiger partial charge in [-0.05, 0) is 42.3 Å². The number of sulfonamides is 1. The highest BCUT2D eigenvalue weighted by atomic mass is 32.2. The average molecular weight is 490 g/mol. The molecule has 1 amide bonds. The molecule has 34 heavy (non-hydrogen) atoms. The van der Waals surface area contributed by atoms with E-state index in [0.29, 0.717) is 57.1 Å². The predicted molar refractivity (Wildman–Crippen MR) is 133 cm³/mol. The van der Waals surface area contributed by atoms with Gasteiger partial charge in [-0.1, -0.05) is 32.9 Å². The number of nitrogens with zero attached hydrogens (tertiary/aromatic N) is 2. The van der Waals surface area contributed by atoms with Gasteiger partial charge in [0.05, 0.1) is 36.8 Å². The lowest BCUT2D eigenvalue weighted by Gasteiger charge is -2.31. The number of benzene rings is 2. The van der Waals surface area contributed by atoms with Crippen molar-refractivity contribution in [1.29, 1.82) is 0 Å². The van der Waals surface area contributed by atoms with E-state index >= 15 is 0 Å². The van der Waals surface area contributed by atoms with Gasteiger partial charge in [0, 0.05) is 31.9 Å². The van der Waals surface area contributed by atoms with Crippen molar-refractivity contribution in [2.24, 2.45) is 0 Å². The number of hydrogen-bond acceptors (Lipinski definition) is 6. The Bertz CT molecular complexity index is 1060. The van der Waals surface area contributed by atoms with Crippen LogP contribution in [0, 0.1) is 0 Å². The van der Waals surface area contributed by atoms with Crippen molar-refractivity contribution < 1.29 is 22.7 Å². The zero-order chi connectivity index (χ0) is 24.7. The smallest absolute Gasteiger partial charge is 0.253 e. The minimum atomic E-state index is -3.70. The molecule has 1 atom stereocenters. The first-order chi connectivity index (χ1) is 16.3. The van der Waals surface area contributed by atoms with E-state index in [-0.39, 0.29) is 16.8 Å². The monoisotopic (exact) mass is 489 g/mol. The SMILES string of the molecule is CCC(NC(=O)c1cc(S(=O)(=O)N(CC)CC)ccc1N1CCOCC1)c1ccc(OC)cc1. The molecule has 1 N–H and O–H groups in total. The molecule has 2 aromatic rings. The van der Waals surface area contributed by atoms with Gasteiger partial charge in [0.25, 0.3) is 5.91 Å². The van der Waals surface area contributed by atoms with Gasteiger partial charge in [-0.3, -0.25) is 4.79 Å². The zero-order valence-corrected chi connectivity index (χ0v) is 21.2. The van der Waals surface area contributed by atoms with Crippen LogP contribution in [0.4, 0.5) is 5.69 Å². The molecule has 0 aromatic heterocycles. The second-order valence-electron chi connectivity index (χ2n) is 8.08. The molecule has 0 bridgehead atoms. The first-order valence-corrected chi connectivity index (χ1v) is 13.2. The van der Waals surface area contributed by atoms with Gasteiger partial charge in [0.2, 0.25) is 10.0 Å². The first-order valence-electron chi connectivity index (χ1n) is 11.8. The molecule has 1 heterocycles. The van der Waals surface area contributed by atoms with Gasteiger partial charge >= 0.3 is 0 Å². The van der Waals surface area contributed by atoms with Crippen LogP contribution in [0.3, 0.4) is 0 Å². The van der Waals surface area contributed by atoms with E-state index in [1.165, 1.54) is 10.4 Å². The van der Waals surface area contributed by atoms with Crippen molar-refractivity contribution in [2.75, 3.05) is 51.4 Å². The third kappa shape index (κ3) is 5.71. The Hall–Kier alpha value is -2.62. The normalized spacial score (nSPS) is 15.3. The Morgan fingerprint density at radius 2 is 1.74 bits per heavy atom. The average Bonchev–Trinajstić information content (AvgIpc) is 2.88. The van der Waals surface area contributed by atoms with E-state index < -0.39 is 10.0 Å². The van der Waals surface area contributed by atoms with E-state index in [2.05, 4.69) is 10.2 Å². The maximum Gasteiger partial charge on any atom is 0.253 e. The summed E-state index contributed by atoms with van der Waals surface area (Å²) in [5.41, 5.74) is 2.02. The van der Waals surface area contributed by atoms with Crippen molar-refractivity contribution in [2.45, 2.75) is 38.1 Å².